The van der Waals surface area contributed by atoms with Crippen LogP contribution >= 0.6 is 24.0 Å². The number of aliphatic imine (C=N–C) groups is 1. The van der Waals surface area contributed by atoms with Gasteiger partial charge in [0.2, 0.25) is 5.88 Å². The van der Waals surface area contributed by atoms with Gasteiger partial charge in [-0.25, -0.2) is 9.37 Å². The number of halogens is 2. The Hall–Kier alpha value is -1.90. The van der Waals surface area contributed by atoms with E-state index >= 15 is 0 Å². The van der Waals surface area contributed by atoms with Crippen LogP contribution in [0.3, 0.4) is 0 Å². The number of hydrogen-bond acceptors (Lipinski definition) is 3. The standard InChI is InChI=1S/C20H25FN4O.HI/c1-22-20(23-11-10-15-4-7-18(21)8-5-15)25-13-17-6-9-19(24-12-17)26-14-16-2-3-16;/h4-9,12,16H,2-3,10-11,13-14H2,1H3,(H2,22,23,25);1H. The Morgan fingerprint density at radius 2 is 1.89 bits per heavy atom. The van der Waals surface area contributed by atoms with Crippen LogP contribution in [0.15, 0.2) is 47.6 Å². The van der Waals surface area contributed by atoms with E-state index < -0.39 is 0 Å². The van der Waals surface area contributed by atoms with E-state index in [2.05, 4.69) is 20.6 Å². The van der Waals surface area contributed by atoms with Crippen molar-refractivity contribution in [1.29, 1.82) is 0 Å². The third-order valence-electron chi connectivity index (χ3n) is 4.26. The minimum Gasteiger partial charge on any atom is -0.477 e. The Morgan fingerprint density at radius 1 is 1.15 bits per heavy atom. The first kappa shape index (κ1) is 21.4. The lowest BCUT2D eigenvalue weighted by Gasteiger charge is -2.12. The first-order valence-electron chi connectivity index (χ1n) is 8.99. The highest BCUT2D eigenvalue weighted by atomic mass is 127. The second-order valence-corrected chi connectivity index (χ2v) is 6.49. The molecule has 0 atom stereocenters. The Kier molecular flexibility index (Phi) is 8.77. The summed E-state index contributed by atoms with van der Waals surface area (Å²) in [5.74, 6) is 1.92. The van der Waals surface area contributed by atoms with E-state index in [-0.39, 0.29) is 29.8 Å². The van der Waals surface area contributed by atoms with Crippen molar-refractivity contribution in [3.63, 3.8) is 0 Å². The molecule has 1 saturated carbocycles. The first-order chi connectivity index (χ1) is 12.7. The molecule has 146 valence electrons. The number of ether oxygens (including phenoxy) is 1. The van der Waals surface area contributed by atoms with Gasteiger partial charge in [0.1, 0.15) is 5.82 Å². The van der Waals surface area contributed by atoms with Crippen molar-refractivity contribution < 1.29 is 9.13 Å². The van der Waals surface area contributed by atoms with Crippen molar-refractivity contribution >= 4 is 29.9 Å². The van der Waals surface area contributed by atoms with Gasteiger partial charge in [0.15, 0.2) is 5.96 Å². The molecule has 1 heterocycles. The summed E-state index contributed by atoms with van der Waals surface area (Å²) in [7, 11) is 1.74. The van der Waals surface area contributed by atoms with Gasteiger partial charge >= 0.3 is 0 Å². The molecule has 2 N–H and O–H groups in total. The Morgan fingerprint density at radius 3 is 2.52 bits per heavy atom. The number of nitrogens with zero attached hydrogens (tertiary/aromatic N) is 2. The number of benzene rings is 1. The van der Waals surface area contributed by atoms with E-state index in [0.717, 1.165) is 42.6 Å². The average Bonchev–Trinajstić information content (AvgIpc) is 3.50. The number of rotatable bonds is 8. The molecule has 0 amide bonds. The molecule has 1 aliphatic carbocycles. The van der Waals surface area contributed by atoms with E-state index in [0.29, 0.717) is 12.4 Å². The minimum atomic E-state index is -0.211. The van der Waals surface area contributed by atoms with Gasteiger partial charge in [-0.2, -0.15) is 0 Å². The van der Waals surface area contributed by atoms with E-state index in [1.807, 2.05) is 18.3 Å². The van der Waals surface area contributed by atoms with Gasteiger partial charge in [0, 0.05) is 32.4 Å². The topological polar surface area (TPSA) is 58.5 Å². The fraction of sp³-hybridized carbons (Fsp3) is 0.400. The molecule has 1 aromatic heterocycles. The smallest absolute Gasteiger partial charge is 0.213 e. The van der Waals surface area contributed by atoms with Gasteiger partial charge < -0.3 is 15.4 Å². The molecule has 7 heteroatoms. The molecule has 0 radical (unpaired) electrons. The van der Waals surface area contributed by atoms with Gasteiger partial charge in [-0.3, -0.25) is 4.99 Å². The normalized spacial score (nSPS) is 13.6. The Balaban J connectivity index is 0.00000261. The van der Waals surface area contributed by atoms with E-state index in [4.69, 9.17) is 4.74 Å². The zero-order valence-corrected chi connectivity index (χ0v) is 17.8. The Bertz CT molecular complexity index is 718. The first-order valence-corrected chi connectivity index (χ1v) is 8.99. The molecule has 1 aliphatic rings. The molecular weight excluding hydrogens is 458 g/mol. The third kappa shape index (κ3) is 7.70. The van der Waals surface area contributed by atoms with Crippen LogP contribution in [-0.4, -0.2) is 31.1 Å². The molecule has 5 nitrogen and oxygen atoms in total. The van der Waals surface area contributed by atoms with E-state index in [1.165, 1.54) is 25.0 Å². The summed E-state index contributed by atoms with van der Waals surface area (Å²) in [6.45, 7) is 2.12. The van der Waals surface area contributed by atoms with Crippen molar-refractivity contribution in [2.24, 2.45) is 10.9 Å². The van der Waals surface area contributed by atoms with Crippen LogP contribution in [0.2, 0.25) is 0 Å². The summed E-state index contributed by atoms with van der Waals surface area (Å²) in [5, 5.41) is 6.51. The summed E-state index contributed by atoms with van der Waals surface area (Å²) in [4.78, 5) is 8.55. The van der Waals surface area contributed by atoms with Crippen LogP contribution < -0.4 is 15.4 Å². The van der Waals surface area contributed by atoms with Crippen molar-refractivity contribution in [2.75, 3.05) is 20.2 Å². The largest absolute Gasteiger partial charge is 0.477 e. The monoisotopic (exact) mass is 484 g/mol. The van der Waals surface area contributed by atoms with Crippen molar-refractivity contribution in [1.82, 2.24) is 15.6 Å². The van der Waals surface area contributed by atoms with E-state index in [9.17, 15) is 4.39 Å². The molecule has 0 saturated heterocycles. The molecule has 0 spiro atoms. The molecule has 27 heavy (non-hydrogen) atoms. The number of hydrogen-bond donors (Lipinski definition) is 2. The van der Waals surface area contributed by atoms with Crippen LogP contribution in [0, 0.1) is 11.7 Å². The second kappa shape index (κ2) is 11.1. The van der Waals surface area contributed by atoms with Gasteiger partial charge in [-0.1, -0.05) is 18.2 Å². The van der Waals surface area contributed by atoms with Crippen LogP contribution in [0.4, 0.5) is 4.39 Å². The molecule has 3 rings (SSSR count). The van der Waals surface area contributed by atoms with Crippen molar-refractivity contribution in [2.45, 2.75) is 25.8 Å². The van der Waals surface area contributed by atoms with Crippen LogP contribution in [0.1, 0.15) is 24.0 Å². The van der Waals surface area contributed by atoms with Gasteiger partial charge in [0.25, 0.3) is 0 Å². The zero-order valence-electron chi connectivity index (χ0n) is 15.5. The van der Waals surface area contributed by atoms with E-state index in [1.54, 1.807) is 19.2 Å². The second-order valence-electron chi connectivity index (χ2n) is 6.49. The van der Waals surface area contributed by atoms with Crippen LogP contribution in [0.5, 0.6) is 5.88 Å². The predicted molar refractivity (Wildman–Crippen MR) is 116 cm³/mol. The third-order valence-corrected chi connectivity index (χ3v) is 4.26. The predicted octanol–water partition coefficient (Wildman–Crippen LogP) is 3.54. The van der Waals surface area contributed by atoms with Crippen LogP contribution in [-0.2, 0) is 13.0 Å². The van der Waals surface area contributed by atoms with Gasteiger partial charge in [-0.15, -0.1) is 24.0 Å². The molecule has 0 unspecified atom stereocenters. The lowest BCUT2D eigenvalue weighted by molar-refractivity contribution is 0.288. The summed E-state index contributed by atoms with van der Waals surface area (Å²) in [6, 6.07) is 10.5. The quantitative estimate of drug-likeness (QED) is 0.342. The molecule has 1 fully saturated rings. The lowest BCUT2D eigenvalue weighted by Crippen LogP contribution is -2.37. The van der Waals surface area contributed by atoms with Gasteiger partial charge in [-0.05, 0) is 48.4 Å². The highest BCUT2D eigenvalue weighted by Crippen LogP contribution is 2.29. The SMILES string of the molecule is CN=C(NCCc1ccc(F)cc1)NCc1ccc(OCC2CC2)nc1.I. The highest BCUT2D eigenvalue weighted by Gasteiger charge is 2.21. The number of pyridine rings is 1. The summed E-state index contributed by atoms with van der Waals surface area (Å²) in [6.07, 6.45) is 5.17. The van der Waals surface area contributed by atoms with Crippen LogP contribution in [0.25, 0.3) is 0 Å². The zero-order chi connectivity index (χ0) is 18.2. The summed E-state index contributed by atoms with van der Waals surface area (Å²) >= 11 is 0. The number of aromatic nitrogens is 1. The van der Waals surface area contributed by atoms with Gasteiger partial charge in [0.05, 0.1) is 6.61 Å². The molecule has 2 aromatic rings. The summed E-state index contributed by atoms with van der Waals surface area (Å²) < 4.78 is 18.5. The maximum atomic E-state index is 12.9. The maximum absolute atomic E-state index is 12.9. The number of guanidine groups is 1. The average molecular weight is 484 g/mol. The molecular formula is C20H26FIN4O. The molecule has 0 aliphatic heterocycles. The molecule has 0 bridgehead atoms. The fourth-order valence-electron chi connectivity index (χ4n) is 2.47. The fourth-order valence-corrected chi connectivity index (χ4v) is 2.47. The van der Waals surface area contributed by atoms with Crippen molar-refractivity contribution in [3.8, 4) is 5.88 Å². The minimum absolute atomic E-state index is 0. The maximum Gasteiger partial charge on any atom is 0.213 e. The Labute approximate surface area is 176 Å². The number of nitrogens with one attached hydrogen (secondary N) is 2. The van der Waals surface area contributed by atoms with Crippen molar-refractivity contribution in [3.05, 3.63) is 59.5 Å². The molecule has 1 aromatic carbocycles. The lowest BCUT2D eigenvalue weighted by atomic mass is 10.1. The highest BCUT2D eigenvalue weighted by molar-refractivity contribution is 14.0. The summed E-state index contributed by atoms with van der Waals surface area (Å²) in [5.41, 5.74) is 2.14.